The fraction of sp³-hybridized carbons (Fsp3) is 0.241. The van der Waals surface area contributed by atoms with Gasteiger partial charge in [-0.1, -0.05) is 79.8 Å². The molecule has 4 aromatic rings. The van der Waals surface area contributed by atoms with Crippen molar-refractivity contribution in [2.75, 3.05) is 10.7 Å². The van der Waals surface area contributed by atoms with Crippen LogP contribution in [0.3, 0.4) is 0 Å². The van der Waals surface area contributed by atoms with Crippen LogP contribution in [0.2, 0.25) is 0 Å². The highest BCUT2D eigenvalue weighted by Crippen LogP contribution is 2.48. The maximum Gasteiger partial charge on any atom is 0.251 e. The molecule has 7 nitrogen and oxygen atoms in total. The first-order valence-corrected chi connectivity index (χ1v) is 14.4. The highest BCUT2D eigenvalue weighted by Gasteiger charge is 2.29. The molecule has 0 saturated carbocycles. The summed E-state index contributed by atoms with van der Waals surface area (Å²) in [7, 11) is 0. The lowest BCUT2D eigenvalue weighted by Gasteiger charge is -2.31. The van der Waals surface area contributed by atoms with Crippen molar-refractivity contribution in [3.8, 4) is 0 Å². The van der Waals surface area contributed by atoms with Crippen LogP contribution < -0.4 is 10.2 Å². The number of para-hydroxylation sites is 2. The van der Waals surface area contributed by atoms with E-state index in [2.05, 4.69) is 15.5 Å². The first-order chi connectivity index (χ1) is 18.5. The molecule has 0 bridgehead atoms. The van der Waals surface area contributed by atoms with Crippen molar-refractivity contribution in [1.29, 1.82) is 0 Å². The molecular weight excluding hydrogens is 514 g/mol. The van der Waals surface area contributed by atoms with E-state index in [1.54, 1.807) is 28.8 Å². The molecule has 0 fully saturated rings. The Kier molecular flexibility index (Phi) is 7.85. The Morgan fingerprint density at radius 3 is 2.11 bits per heavy atom. The van der Waals surface area contributed by atoms with E-state index >= 15 is 0 Å². The predicted octanol–water partition coefficient (Wildman–Crippen LogP) is 6.35. The standard InChI is InChI=1S/C29H29N5O2S2/c1-4-33-27(26(19(2)3)30-28(36)20-12-6-5-7-13-20)31-32-29(33)37-18-25(35)34-21-14-8-10-16-23(21)38-24-17-11-9-15-22(24)34/h5-17,19,26H,4,18H2,1-3H3,(H,30,36). The zero-order chi connectivity index (χ0) is 26.6. The third kappa shape index (κ3) is 5.21. The van der Waals surface area contributed by atoms with Gasteiger partial charge in [-0.25, -0.2) is 0 Å². The van der Waals surface area contributed by atoms with E-state index in [9.17, 15) is 9.59 Å². The van der Waals surface area contributed by atoms with Crippen molar-refractivity contribution in [3.05, 3.63) is 90.3 Å². The topological polar surface area (TPSA) is 80.1 Å². The summed E-state index contributed by atoms with van der Waals surface area (Å²) in [5.41, 5.74) is 2.38. The number of benzene rings is 3. The first-order valence-electron chi connectivity index (χ1n) is 12.6. The van der Waals surface area contributed by atoms with Gasteiger partial charge in [-0.05, 0) is 49.2 Å². The number of hydrogen-bond donors (Lipinski definition) is 1. The van der Waals surface area contributed by atoms with Gasteiger partial charge in [0, 0.05) is 21.9 Å². The van der Waals surface area contributed by atoms with Gasteiger partial charge in [0.2, 0.25) is 5.91 Å². The number of nitrogens with one attached hydrogen (secondary N) is 1. The molecule has 1 aromatic heterocycles. The van der Waals surface area contributed by atoms with Crippen molar-refractivity contribution < 1.29 is 9.59 Å². The first kappa shape index (κ1) is 26.1. The lowest BCUT2D eigenvalue weighted by Crippen LogP contribution is -2.33. The predicted molar refractivity (Wildman–Crippen MR) is 152 cm³/mol. The van der Waals surface area contributed by atoms with Gasteiger partial charge in [0.05, 0.1) is 23.2 Å². The third-order valence-corrected chi connectivity index (χ3v) is 8.42. The van der Waals surface area contributed by atoms with E-state index in [4.69, 9.17) is 0 Å². The number of carbonyl (C=O) groups is 2. The van der Waals surface area contributed by atoms with Gasteiger partial charge in [-0.2, -0.15) is 0 Å². The Bertz CT molecular complexity index is 1410. The molecule has 0 spiro atoms. The summed E-state index contributed by atoms with van der Waals surface area (Å²) in [5.74, 6) is 0.802. The molecule has 0 aliphatic carbocycles. The van der Waals surface area contributed by atoms with E-state index in [-0.39, 0.29) is 29.5 Å². The van der Waals surface area contributed by atoms with Crippen LogP contribution in [0.4, 0.5) is 11.4 Å². The molecule has 1 N–H and O–H groups in total. The average molecular weight is 544 g/mol. The van der Waals surface area contributed by atoms with Crippen molar-refractivity contribution in [1.82, 2.24) is 20.1 Å². The number of aromatic nitrogens is 3. The smallest absolute Gasteiger partial charge is 0.251 e. The van der Waals surface area contributed by atoms with Gasteiger partial charge in [0.15, 0.2) is 11.0 Å². The van der Waals surface area contributed by atoms with Gasteiger partial charge in [0.25, 0.3) is 5.91 Å². The molecule has 0 radical (unpaired) electrons. The van der Waals surface area contributed by atoms with Crippen LogP contribution in [0, 0.1) is 5.92 Å². The van der Waals surface area contributed by atoms with E-state index in [0.29, 0.717) is 23.1 Å². The molecule has 1 atom stereocenters. The van der Waals surface area contributed by atoms with Crippen LogP contribution in [0.1, 0.15) is 43.0 Å². The molecule has 194 valence electrons. The van der Waals surface area contributed by atoms with Crippen LogP contribution in [-0.4, -0.2) is 32.3 Å². The molecule has 9 heteroatoms. The monoisotopic (exact) mass is 543 g/mol. The molecule has 2 heterocycles. The van der Waals surface area contributed by atoms with Crippen LogP contribution in [0.5, 0.6) is 0 Å². The van der Waals surface area contributed by atoms with Gasteiger partial charge in [0.1, 0.15) is 0 Å². The number of hydrogen-bond acceptors (Lipinski definition) is 6. The fourth-order valence-electron chi connectivity index (χ4n) is 4.44. The summed E-state index contributed by atoms with van der Waals surface area (Å²) in [4.78, 5) is 30.4. The number of anilines is 2. The van der Waals surface area contributed by atoms with E-state index in [1.165, 1.54) is 11.8 Å². The maximum absolute atomic E-state index is 13.6. The molecule has 5 rings (SSSR count). The van der Waals surface area contributed by atoms with E-state index < -0.39 is 0 Å². The summed E-state index contributed by atoms with van der Waals surface area (Å²) >= 11 is 3.04. The Morgan fingerprint density at radius 1 is 0.895 bits per heavy atom. The fourth-order valence-corrected chi connectivity index (χ4v) is 6.36. The summed E-state index contributed by atoms with van der Waals surface area (Å²) in [6.45, 7) is 6.73. The lowest BCUT2D eigenvalue weighted by atomic mass is 10.0. The minimum absolute atomic E-state index is 0.0276. The number of carbonyl (C=O) groups excluding carboxylic acids is 2. The minimum Gasteiger partial charge on any atom is -0.342 e. The number of fused-ring (bicyclic) bond motifs is 2. The molecule has 2 amide bonds. The summed E-state index contributed by atoms with van der Waals surface area (Å²) in [6, 6.07) is 24.8. The highest BCUT2D eigenvalue weighted by atomic mass is 32.2. The van der Waals surface area contributed by atoms with Crippen LogP contribution in [0.15, 0.2) is 93.8 Å². The molecule has 1 aliphatic heterocycles. The van der Waals surface area contributed by atoms with Gasteiger partial charge >= 0.3 is 0 Å². The Balaban J connectivity index is 1.36. The lowest BCUT2D eigenvalue weighted by molar-refractivity contribution is -0.115. The average Bonchev–Trinajstić information content (AvgIpc) is 3.35. The Hall–Kier alpha value is -3.56. The highest BCUT2D eigenvalue weighted by molar-refractivity contribution is 8.00. The van der Waals surface area contributed by atoms with E-state index in [1.807, 2.05) is 92.1 Å². The van der Waals surface area contributed by atoms with Crippen LogP contribution >= 0.6 is 23.5 Å². The zero-order valence-electron chi connectivity index (χ0n) is 21.5. The second-order valence-corrected chi connectivity index (χ2v) is 11.2. The van der Waals surface area contributed by atoms with Crippen molar-refractivity contribution >= 4 is 46.7 Å². The van der Waals surface area contributed by atoms with Crippen molar-refractivity contribution in [3.63, 3.8) is 0 Å². The Morgan fingerprint density at radius 2 is 1.50 bits per heavy atom. The van der Waals surface area contributed by atoms with Gasteiger partial charge in [-0.15, -0.1) is 10.2 Å². The molecule has 1 unspecified atom stereocenters. The molecule has 0 saturated heterocycles. The molecule has 38 heavy (non-hydrogen) atoms. The van der Waals surface area contributed by atoms with Crippen LogP contribution in [-0.2, 0) is 11.3 Å². The SMILES string of the molecule is CCn1c(SCC(=O)N2c3ccccc3Sc3ccccc32)nnc1C(NC(=O)c1ccccc1)C(C)C. The Labute approximate surface area is 231 Å². The molecule has 3 aromatic carbocycles. The van der Waals surface area contributed by atoms with Gasteiger partial charge < -0.3 is 9.88 Å². The minimum atomic E-state index is -0.321. The van der Waals surface area contributed by atoms with Gasteiger partial charge in [-0.3, -0.25) is 14.5 Å². The number of thioether (sulfide) groups is 1. The van der Waals surface area contributed by atoms with Crippen molar-refractivity contribution in [2.45, 2.75) is 48.3 Å². The summed E-state index contributed by atoms with van der Waals surface area (Å²) < 4.78 is 1.99. The number of amides is 2. The van der Waals surface area contributed by atoms with Crippen LogP contribution in [0.25, 0.3) is 0 Å². The maximum atomic E-state index is 13.6. The normalized spacial score (nSPS) is 13.1. The summed E-state index contributed by atoms with van der Waals surface area (Å²) in [5, 5.41) is 12.7. The number of rotatable bonds is 8. The molecular formula is C29H29N5O2S2. The second kappa shape index (κ2) is 11.4. The summed E-state index contributed by atoms with van der Waals surface area (Å²) in [6.07, 6.45) is 0. The second-order valence-electron chi connectivity index (χ2n) is 9.20. The van der Waals surface area contributed by atoms with Crippen molar-refractivity contribution in [2.24, 2.45) is 5.92 Å². The molecule has 1 aliphatic rings. The zero-order valence-corrected chi connectivity index (χ0v) is 23.1. The van der Waals surface area contributed by atoms with E-state index in [0.717, 1.165) is 21.2 Å². The number of nitrogens with zero attached hydrogens (tertiary/aromatic N) is 4. The third-order valence-electron chi connectivity index (χ3n) is 6.34. The quantitative estimate of drug-likeness (QED) is 0.261. The largest absolute Gasteiger partial charge is 0.342 e.